The van der Waals surface area contributed by atoms with Gasteiger partial charge in [0.25, 0.3) is 0 Å². The zero-order chi connectivity index (χ0) is 28.2. The van der Waals surface area contributed by atoms with Crippen molar-refractivity contribution in [3.05, 3.63) is 24.3 Å². The van der Waals surface area contributed by atoms with E-state index in [2.05, 4.69) is 28.2 Å². The Labute approximate surface area is 230 Å². The van der Waals surface area contributed by atoms with Crippen LogP contribution in [0, 0.1) is 11.8 Å². The molecule has 0 spiro atoms. The zero-order valence-electron chi connectivity index (χ0n) is 24.2. The molecule has 0 radical (unpaired) electrons. The molecule has 1 aliphatic rings. The van der Waals surface area contributed by atoms with Gasteiger partial charge in [0.2, 0.25) is 11.8 Å². The third kappa shape index (κ3) is 15.6. The number of urea groups is 1. The first kappa shape index (κ1) is 33.4. The highest BCUT2D eigenvalue weighted by Crippen LogP contribution is 2.11. The Kier molecular flexibility index (Phi) is 17.9. The standard InChI is InChI=1S/C30H52N4O4/c1-5-6-7-8-9-10-11-12-13-15-21-32-30(38)34-28(23(2)3)29(37)33-25-17-14-16-20-31-27(36)19-18-24(4)22-26(25)35/h14,17-19,23-25,28H,5-13,15-16,20-22H2,1-4H3,(H,31,36)(H,33,37)(H2,32,34,38)/b17-14+,19-18+/t24-,25-,28?/m0/s1. The summed E-state index contributed by atoms with van der Waals surface area (Å²) in [6.07, 6.45) is 19.7. The van der Waals surface area contributed by atoms with Gasteiger partial charge in [-0.1, -0.05) is 104 Å². The Morgan fingerprint density at radius 3 is 2.24 bits per heavy atom. The minimum Gasteiger partial charge on any atom is -0.352 e. The Bertz CT molecular complexity index is 778. The Morgan fingerprint density at radius 1 is 0.974 bits per heavy atom. The van der Waals surface area contributed by atoms with Crippen molar-refractivity contribution in [1.82, 2.24) is 21.3 Å². The minimum atomic E-state index is -0.786. The molecule has 4 N–H and O–H groups in total. The van der Waals surface area contributed by atoms with E-state index in [0.717, 1.165) is 12.8 Å². The van der Waals surface area contributed by atoms with Gasteiger partial charge in [-0.05, 0) is 30.8 Å². The number of unbranched alkanes of at least 4 members (excludes halogenated alkanes) is 9. The van der Waals surface area contributed by atoms with Crippen LogP contribution in [0.4, 0.5) is 4.79 Å². The number of allylic oxidation sites excluding steroid dienone is 1. The lowest BCUT2D eigenvalue weighted by Gasteiger charge is -2.24. The van der Waals surface area contributed by atoms with Crippen LogP contribution in [0.1, 0.15) is 105 Å². The third-order valence-electron chi connectivity index (χ3n) is 6.73. The third-order valence-corrected chi connectivity index (χ3v) is 6.73. The number of rotatable bonds is 15. The normalized spacial score (nSPS) is 21.0. The molecule has 0 aromatic rings. The first-order valence-corrected chi connectivity index (χ1v) is 14.7. The maximum absolute atomic E-state index is 13.1. The molecule has 1 heterocycles. The number of carbonyl (C=O) groups is 4. The predicted molar refractivity (Wildman–Crippen MR) is 154 cm³/mol. The van der Waals surface area contributed by atoms with E-state index in [4.69, 9.17) is 0 Å². The molecule has 0 saturated carbocycles. The number of ketones is 1. The topological polar surface area (TPSA) is 116 Å². The molecule has 0 aromatic carbocycles. The fraction of sp³-hybridized carbons (Fsp3) is 0.733. The van der Waals surface area contributed by atoms with Crippen molar-refractivity contribution in [1.29, 1.82) is 0 Å². The van der Waals surface area contributed by atoms with Crippen LogP contribution in [-0.4, -0.2) is 48.8 Å². The number of amides is 4. The van der Waals surface area contributed by atoms with Crippen LogP contribution in [0.5, 0.6) is 0 Å². The molecule has 216 valence electrons. The summed E-state index contributed by atoms with van der Waals surface area (Å²) in [6, 6.07) is -1.92. The summed E-state index contributed by atoms with van der Waals surface area (Å²) in [6.45, 7) is 8.83. The molecule has 3 atom stereocenters. The van der Waals surface area contributed by atoms with Gasteiger partial charge in [-0.2, -0.15) is 0 Å². The quantitative estimate of drug-likeness (QED) is 0.176. The van der Waals surface area contributed by atoms with Crippen molar-refractivity contribution >= 4 is 23.6 Å². The van der Waals surface area contributed by atoms with Crippen LogP contribution in [0.15, 0.2) is 24.3 Å². The second-order valence-electron chi connectivity index (χ2n) is 10.8. The second-order valence-corrected chi connectivity index (χ2v) is 10.8. The maximum Gasteiger partial charge on any atom is 0.315 e. The van der Waals surface area contributed by atoms with Crippen molar-refractivity contribution in [2.45, 2.75) is 117 Å². The molecule has 4 amide bonds. The average Bonchev–Trinajstić information content (AvgIpc) is 2.87. The predicted octanol–water partition coefficient (Wildman–Crippen LogP) is 4.94. The summed E-state index contributed by atoms with van der Waals surface area (Å²) >= 11 is 0. The lowest BCUT2D eigenvalue weighted by molar-refractivity contribution is -0.128. The van der Waals surface area contributed by atoms with Crippen LogP contribution in [-0.2, 0) is 14.4 Å². The molecule has 0 fully saturated rings. The lowest BCUT2D eigenvalue weighted by Crippen LogP contribution is -2.55. The fourth-order valence-corrected chi connectivity index (χ4v) is 4.35. The number of nitrogens with one attached hydrogen (secondary N) is 4. The summed E-state index contributed by atoms with van der Waals surface area (Å²) < 4.78 is 0. The Morgan fingerprint density at radius 2 is 1.61 bits per heavy atom. The van der Waals surface area contributed by atoms with Crippen molar-refractivity contribution < 1.29 is 19.2 Å². The Hall–Kier alpha value is -2.64. The van der Waals surface area contributed by atoms with E-state index in [1.54, 1.807) is 18.2 Å². The van der Waals surface area contributed by atoms with Crippen LogP contribution in [0.25, 0.3) is 0 Å². The van der Waals surface area contributed by atoms with Gasteiger partial charge in [0, 0.05) is 19.5 Å². The largest absolute Gasteiger partial charge is 0.352 e. The summed E-state index contributed by atoms with van der Waals surface area (Å²) in [7, 11) is 0. The van der Waals surface area contributed by atoms with Crippen LogP contribution in [0.2, 0.25) is 0 Å². The molecular weight excluding hydrogens is 480 g/mol. The maximum atomic E-state index is 13.1. The van der Waals surface area contributed by atoms with E-state index in [9.17, 15) is 19.2 Å². The highest BCUT2D eigenvalue weighted by molar-refractivity contribution is 5.94. The van der Waals surface area contributed by atoms with Gasteiger partial charge in [0.15, 0.2) is 5.78 Å². The molecule has 0 saturated heterocycles. The molecule has 0 aliphatic carbocycles. The van der Waals surface area contributed by atoms with Crippen LogP contribution in [0.3, 0.4) is 0 Å². The van der Waals surface area contributed by atoms with E-state index in [1.807, 2.05) is 20.8 Å². The lowest BCUT2D eigenvalue weighted by atomic mass is 9.97. The first-order valence-electron chi connectivity index (χ1n) is 14.7. The SMILES string of the molecule is CCCCCCCCCCCCNC(=O)NC(C(=O)N[C@H]1/C=C/CCNC(=O)/C=C/[C@H](C)CC1=O)C(C)C. The molecule has 38 heavy (non-hydrogen) atoms. The van der Waals surface area contributed by atoms with Gasteiger partial charge in [0.1, 0.15) is 12.1 Å². The van der Waals surface area contributed by atoms with E-state index in [-0.39, 0.29) is 41.9 Å². The van der Waals surface area contributed by atoms with Gasteiger partial charge < -0.3 is 21.3 Å². The first-order chi connectivity index (χ1) is 18.2. The molecule has 0 aromatic heterocycles. The van der Waals surface area contributed by atoms with Gasteiger partial charge in [-0.25, -0.2) is 4.79 Å². The van der Waals surface area contributed by atoms with E-state index in [1.165, 1.54) is 57.4 Å². The monoisotopic (exact) mass is 532 g/mol. The molecular formula is C30H52N4O4. The van der Waals surface area contributed by atoms with Crippen molar-refractivity contribution in [3.8, 4) is 0 Å². The van der Waals surface area contributed by atoms with Gasteiger partial charge in [-0.15, -0.1) is 0 Å². The molecule has 0 bridgehead atoms. The van der Waals surface area contributed by atoms with E-state index >= 15 is 0 Å². The van der Waals surface area contributed by atoms with Gasteiger partial charge >= 0.3 is 6.03 Å². The number of hydrogen-bond acceptors (Lipinski definition) is 4. The van der Waals surface area contributed by atoms with Gasteiger partial charge in [-0.3, -0.25) is 14.4 Å². The molecule has 8 heteroatoms. The van der Waals surface area contributed by atoms with Crippen molar-refractivity contribution in [3.63, 3.8) is 0 Å². The summed E-state index contributed by atoms with van der Waals surface area (Å²) in [5.41, 5.74) is 0. The van der Waals surface area contributed by atoms with Crippen LogP contribution < -0.4 is 21.3 Å². The fourth-order valence-electron chi connectivity index (χ4n) is 4.35. The molecule has 8 nitrogen and oxygen atoms in total. The van der Waals surface area contributed by atoms with Crippen LogP contribution >= 0.6 is 0 Å². The summed E-state index contributed by atoms with van der Waals surface area (Å²) in [5, 5.41) is 11.2. The molecule has 1 unspecified atom stereocenters. The highest BCUT2D eigenvalue weighted by Gasteiger charge is 2.28. The summed E-state index contributed by atoms with van der Waals surface area (Å²) in [5.74, 6) is -1.00. The molecule has 1 rings (SSSR count). The van der Waals surface area contributed by atoms with Crippen molar-refractivity contribution in [2.24, 2.45) is 11.8 Å². The highest BCUT2D eigenvalue weighted by atomic mass is 16.2. The number of carbonyl (C=O) groups excluding carboxylic acids is 4. The van der Waals surface area contributed by atoms with E-state index in [0.29, 0.717) is 19.5 Å². The van der Waals surface area contributed by atoms with E-state index < -0.39 is 12.1 Å². The van der Waals surface area contributed by atoms with Gasteiger partial charge in [0.05, 0.1) is 0 Å². The Balaban J connectivity index is 2.48. The smallest absolute Gasteiger partial charge is 0.315 e. The van der Waals surface area contributed by atoms with Crippen molar-refractivity contribution in [2.75, 3.05) is 13.1 Å². The number of hydrogen-bond donors (Lipinski definition) is 4. The number of Topliss-reactive ketones (excluding diaryl/α,β-unsaturated/α-hetero) is 1. The zero-order valence-corrected chi connectivity index (χ0v) is 24.2. The molecule has 1 aliphatic heterocycles. The minimum absolute atomic E-state index is 0.138. The average molecular weight is 533 g/mol. The second kappa shape index (κ2) is 20.3. The summed E-state index contributed by atoms with van der Waals surface area (Å²) in [4.78, 5) is 50.2.